The smallest absolute Gasteiger partial charge is 0.227 e. The molecule has 0 amide bonds. The summed E-state index contributed by atoms with van der Waals surface area (Å²) in [6, 6.07) is 13.6. The van der Waals surface area contributed by atoms with E-state index < -0.39 is 0 Å². The molecule has 1 aromatic carbocycles. The van der Waals surface area contributed by atoms with E-state index in [9.17, 15) is 0 Å². The number of aryl methyl sites for hydroxylation is 1. The average molecular weight is 292 g/mol. The number of methoxy groups -OCH3 is 1. The number of hydrogen-bond donors (Lipinski definition) is 0. The Bertz CT molecular complexity index is 773. The third-order valence-electron chi connectivity index (χ3n) is 3.22. The van der Waals surface area contributed by atoms with E-state index in [1.54, 1.807) is 25.7 Å². The van der Waals surface area contributed by atoms with Crippen LogP contribution in [-0.4, -0.2) is 17.1 Å². The second kappa shape index (κ2) is 6.26. The molecule has 4 heteroatoms. The lowest BCUT2D eigenvalue weighted by atomic mass is 10.1. The molecule has 0 saturated carbocycles. The fourth-order valence-corrected chi connectivity index (χ4v) is 2.15. The van der Waals surface area contributed by atoms with E-state index in [2.05, 4.69) is 9.97 Å². The van der Waals surface area contributed by atoms with Gasteiger partial charge in [-0.3, -0.25) is 4.98 Å². The van der Waals surface area contributed by atoms with Crippen molar-refractivity contribution in [2.75, 3.05) is 7.11 Å². The van der Waals surface area contributed by atoms with E-state index in [1.807, 2.05) is 49.4 Å². The van der Waals surface area contributed by atoms with Crippen LogP contribution in [-0.2, 0) is 0 Å². The minimum atomic E-state index is 0.548. The highest BCUT2D eigenvalue weighted by atomic mass is 16.5. The van der Waals surface area contributed by atoms with Gasteiger partial charge in [0, 0.05) is 18.0 Å². The molecule has 0 N–H and O–H groups in total. The van der Waals surface area contributed by atoms with Gasteiger partial charge < -0.3 is 9.47 Å². The first-order chi connectivity index (χ1) is 10.8. The highest BCUT2D eigenvalue weighted by Gasteiger charge is 2.10. The van der Waals surface area contributed by atoms with Crippen LogP contribution in [0.25, 0.3) is 11.1 Å². The lowest BCUT2D eigenvalue weighted by Crippen LogP contribution is -1.93. The normalized spacial score (nSPS) is 10.3. The number of aromatic nitrogens is 2. The summed E-state index contributed by atoms with van der Waals surface area (Å²) < 4.78 is 11.2. The molecule has 0 fully saturated rings. The van der Waals surface area contributed by atoms with Gasteiger partial charge in [-0.1, -0.05) is 12.1 Å². The SMILES string of the molecule is COc1cccc(-c2cc(C)cnc2Oc2cccnc2)c1. The molecule has 0 saturated heterocycles. The summed E-state index contributed by atoms with van der Waals surface area (Å²) in [5.74, 6) is 2.00. The van der Waals surface area contributed by atoms with Gasteiger partial charge in [0.05, 0.1) is 13.3 Å². The summed E-state index contributed by atoms with van der Waals surface area (Å²) >= 11 is 0. The molecule has 4 nitrogen and oxygen atoms in total. The molecule has 0 aliphatic rings. The largest absolute Gasteiger partial charge is 0.497 e. The maximum Gasteiger partial charge on any atom is 0.227 e. The maximum absolute atomic E-state index is 5.88. The molecule has 0 radical (unpaired) electrons. The molecule has 22 heavy (non-hydrogen) atoms. The van der Waals surface area contributed by atoms with Crippen LogP contribution in [0.1, 0.15) is 5.56 Å². The Labute approximate surface area is 129 Å². The zero-order valence-corrected chi connectivity index (χ0v) is 12.5. The van der Waals surface area contributed by atoms with Gasteiger partial charge in [-0.05, 0) is 48.4 Å². The van der Waals surface area contributed by atoms with Gasteiger partial charge in [0.1, 0.15) is 11.5 Å². The first kappa shape index (κ1) is 14.1. The van der Waals surface area contributed by atoms with Crippen molar-refractivity contribution < 1.29 is 9.47 Å². The number of pyridine rings is 2. The van der Waals surface area contributed by atoms with Gasteiger partial charge in [-0.25, -0.2) is 4.98 Å². The van der Waals surface area contributed by atoms with Crippen LogP contribution in [0.15, 0.2) is 61.1 Å². The average Bonchev–Trinajstić information content (AvgIpc) is 2.57. The number of rotatable bonds is 4. The van der Waals surface area contributed by atoms with Gasteiger partial charge in [0.2, 0.25) is 5.88 Å². The molecule has 0 atom stereocenters. The van der Waals surface area contributed by atoms with Crippen LogP contribution in [0, 0.1) is 6.92 Å². The van der Waals surface area contributed by atoms with Crippen LogP contribution in [0.3, 0.4) is 0 Å². The number of benzene rings is 1. The highest BCUT2D eigenvalue weighted by Crippen LogP contribution is 2.33. The molecule has 3 aromatic rings. The Balaban J connectivity index is 2.04. The van der Waals surface area contributed by atoms with Gasteiger partial charge in [0.15, 0.2) is 0 Å². The van der Waals surface area contributed by atoms with Crippen molar-refractivity contribution in [3.05, 3.63) is 66.6 Å². The van der Waals surface area contributed by atoms with Crippen LogP contribution < -0.4 is 9.47 Å². The second-order valence-electron chi connectivity index (χ2n) is 4.89. The Morgan fingerprint density at radius 1 is 0.955 bits per heavy atom. The molecule has 0 bridgehead atoms. The predicted molar refractivity (Wildman–Crippen MR) is 85.3 cm³/mol. The summed E-state index contributed by atoms with van der Waals surface area (Å²) in [6.45, 7) is 2.00. The number of hydrogen-bond acceptors (Lipinski definition) is 4. The van der Waals surface area contributed by atoms with Crippen LogP contribution in [0.2, 0.25) is 0 Å². The van der Waals surface area contributed by atoms with E-state index >= 15 is 0 Å². The van der Waals surface area contributed by atoms with E-state index in [-0.39, 0.29) is 0 Å². The molecule has 3 rings (SSSR count). The predicted octanol–water partition coefficient (Wildman–Crippen LogP) is 4.25. The first-order valence-corrected chi connectivity index (χ1v) is 6.95. The molecule has 2 heterocycles. The monoisotopic (exact) mass is 292 g/mol. The van der Waals surface area contributed by atoms with Crippen LogP contribution in [0.4, 0.5) is 0 Å². The maximum atomic E-state index is 5.88. The quantitative estimate of drug-likeness (QED) is 0.721. The van der Waals surface area contributed by atoms with Crippen molar-refractivity contribution in [2.45, 2.75) is 6.92 Å². The Kier molecular flexibility index (Phi) is 4.01. The van der Waals surface area contributed by atoms with Gasteiger partial charge in [0.25, 0.3) is 0 Å². The Morgan fingerprint density at radius 2 is 1.82 bits per heavy atom. The molecular formula is C18H16N2O2. The van der Waals surface area contributed by atoms with Crippen LogP contribution >= 0.6 is 0 Å². The van der Waals surface area contributed by atoms with Crippen LogP contribution in [0.5, 0.6) is 17.4 Å². The van der Waals surface area contributed by atoms with Gasteiger partial charge >= 0.3 is 0 Å². The van der Waals surface area contributed by atoms with Crippen molar-refractivity contribution in [1.82, 2.24) is 9.97 Å². The second-order valence-corrected chi connectivity index (χ2v) is 4.89. The summed E-state index contributed by atoms with van der Waals surface area (Å²) in [5, 5.41) is 0. The lowest BCUT2D eigenvalue weighted by molar-refractivity contribution is 0.415. The Morgan fingerprint density at radius 3 is 2.59 bits per heavy atom. The van der Waals surface area contributed by atoms with Gasteiger partial charge in [-0.15, -0.1) is 0 Å². The summed E-state index contributed by atoms with van der Waals surface area (Å²) in [4.78, 5) is 8.47. The molecule has 0 unspecified atom stereocenters. The zero-order chi connectivity index (χ0) is 15.4. The van der Waals surface area contributed by atoms with Crippen molar-refractivity contribution in [3.63, 3.8) is 0 Å². The number of nitrogens with zero attached hydrogens (tertiary/aromatic N) is 2. The molecule has 2 aromatic heterocycles. The third-order valence-corrected chi connectivity index (χ3v) is 3.22. The standard InChI is InChI=1S/C18H16N2O2/c1-13-9-17(14-5-3-6-15(10-14)21-2)18(20-11-13)22-16-7-4-8-19-12-16/h3-12H,1-2H3. The molecule has 110 valence electrons. The van der Waals surface area contributed by atoms with E-state index in [1.165, 1.54) is 0 Å². The molecule has 0 aliphatic heterocycles. The molecular weight excluding hydrogens is 276 g/mol. The molecule has 0 aliphatic carbocycles. The lowest BCUT2D eigenvalue weighted by Gasteiger charge is -2.11. The van der Waals surface area contributed by atoms with Gasteiger partial charge in [-0.2, -0.15) is 0 Å². The summed E-state index contributed by atoms with van der Waals surface area (Å²) in [6.07, 6.45) is 5.16. The highest BCUT2D eigenvalue weighted by molar-refractivity contribution is 5.70. The van der Waals surface area contributed by atoms with Crippen molar-refractivity contribution in [3.8, 4) is 28.5 Å². The first-order valence-electron chi connectivity index (χ1n) is 6.95. The fourth-order valence-electron chi connectivity index (χ4n) is 2.15. The minimum absolute atomic E-state index is 0.548. The summed E-state index contributed by atoms with van der Waals surface area (Å²) in [5.41, 5.74) is 2.98. The fraction of sp³-hybridized carbons (Fsp3) is 0.111. The minimum Gasteiger partial charge on any atom is -0.497 e. The van der Waals surface area contributed by atoms with E-state index in [4.69, 9.17) is 9.47 Å². The summed E-state index contributed by atoms with van der Waals surface area (Å²) in [7, 11) is 1.65. The van der Waals surface area contributed by atoms with E-state index in [0.717, 1.165) is 22.4 Å². The van der Waals surface area contributed by atoms with Crippen molar-refractivity contribution in [1.29, 1.82) is 0 Å². The van der Waals surface area contributed by atoms with Crippen molar-refractivity contribution >= 4 is 0 Å². The number of ether oxygens (including phenoxy) is 2. The topological polar surface area (TPSA) is 44.2 Å². The van der Waals surface area contributed by atoms with Crippen molar-refractivity contribution in [2.24, 2.45) is 0 Å². The van der Waals surface area contributed by atoms with E-state index in [0.29, 0.717) is 11.6 Å². The zero-order valence-electron chi connectivity index (χ0n) is 12.5. The Hall–Kier alpha value is -2.88. The third kappa shape index (κ3) is 3.06. The molecule has 0 spiro atoms.